The number of esters is 1. The number of phosphoric ester groups is 1. The molecule has 0 saturated heterocycles. The van der Waals surface area contributed by atoms with Crippen molar-refractivity contribution in [2.45, 2.75) is 39.0 Å². The van der Waals surface area contributed by atoms with Crippen molar-refractivity contribution in [2.24, 2.45) is 0 Å². The minimum absolute atomic E-state index is 0.116. The van der Waals surface area contributed by atoms with E-state index < -0.39 is 7.82 Å². The van der Waals surface area contributed by atoms with Crippen LogP contribution in [0.5, 0.6) is 0 Å². The molecule has 0 aromatic carbocycles. The summed E-state index contributed by atoms with van der Waals surface area (Å²) in [6.07, 6.45) is 4.10. The molecule has 0 radical (unpaired) electrons. The number of unbranched alkanes of at least 4 members (excludes halogenated alkanes) is 4. The van der Waals surface area contributed by atoms with E-state index >= 15 is 0 Å². The molecule has 0 N–H and O–H groups in total. The number of hydrogen-bond donors (Lipinski definition) is 0. The summed E-state index contributed by atoms with van der Waals surface area (Å²) in [5, 5.41) is 0. The molecule has 1 unspecified atom stereocenters. The van der Waals surface area contributed by atoms with Gasteiger partial charge in [0, 0.05) is 5.57 Å². The summed E-state index contributed by atoms with van der Waals surface area (Å²) in [6.45, 7) is 5.61. The molecule has 0 saturated carbocycles. The molecule has 0 aromatic heterocycles. The number of hydrogen-bond acceptors (Lipinski definition) is 6. The molecule has 0 rings (SSSR count). The average molecular weight is 337 g/mol. The number of rotatable bonds is 12. The molecule has 0 fully saturated rings. The SMILES string of the molecule is C=C(C)C(=O)OCCCCCCCOP(=O)([O-])O[N+](C)(C)C. The highest BCUT2D eigenvalue weighted by Gasteiger charge is 2.20. The highest BCUT2D eigenvalue weighted by atomic mass is 31.2. The highest BCUT2D eigenvalue weighted by molar-refractivity contribution is 7.45. The minimum Gasteiger partial charge on any atom is -0.752 e. The maximum atomic E-state index is 11.5. The Hall–Kier alpha value is -0.720. The number of nitrogens with zero attached hydrogens (tertiary/aromatic N) is 1. The number of quaternary nitrogens is 1. The molecule has 0 heterocycles. The molecule has 0 aliphatic heterocycles. The Labute approximate surface area is 133 Å². The molecule has 1 atom stereocenters. The summed E-state index contributed by atoms with van der Waals surface area (Å²) >= 11 is 0. The number of ether oxygens (including phenoxy) is 1. The van der Waals surface area contributed by atoms with Crippen LogP contribution >= 0.6 is 7.82 Å². The summed E-state index contributed by atoms with van der Waals surface area (Å²) in [7, 11) is 0.531. The van der Waals surface area contributed by atoms with Crippen LogP contribution in [-0.2, 0) is 23.2 Å². The van der Waals surface area contributed by atoms with Crippen LogP contribution in [0.2, 0.25) is 0 Å². The molecule has 0 aromatic rings. The van der Waals surface area contributed by atoms with E-state index in [4.69, 9.17) is 13.9 Å². The van der Waals surface area contributed by atoms with Gasteiger partial charge in [-0.05, 0) is 19.8 Å². The second-order valence-electron chi connectivity index (χ2n) is 5.94. The van der Waals surface area contributed by atoms with E-state index in [1.807, 2.05) is 0 Å². The molecule has 130 valence electrons. The lowest BCUT2D eigenvalue weighted by molar-refractivity contribution is -1.04. The van der Waals surface area contributed by atoms with Gasteiger partial charge in [0.25, 0.3) is 0 Å². The summed E-state index contributed by atoms with van der Waals surface area (Å²) in [5.41, 5.74) is 0.398. The van der Waals surface area contributed by atoms with Gasteiger partial charge in [-0.15, -0.1) is 4.62 Å². The Bertz CT molecular complexity index is 405. The van der Waals surface area contributed by atoms with Gasteiger partial charge in [-0.3, -0.25) is 4.57 Å². The predicted molar refractivity (Wildman–Crippen MR) is 81.5 cm³/mol. The third-order valence-electron chi connectivity index (χ3n) is 2.46. The Morgan fingerprint density at radius 2 is 1.59 bits per heavy atom. The zero-order valence-electron chi connectivity index (χ0n) is 14.0. The zero-order valence-corrected chi connectivity index (χ0v) is 14.9. The van der Waals surface area contributed by atoms with Gasteiger partial charge in [0.15, 0.2) is 0 Å². The normalized spacial score (nSPS) is 14.4. The third-order valence-corrected chi connectivity index (χ3v) is 3.65. The number of carbonyl (C=O) groups is 1. The van der Waals surface area contributed by atoms with Crippen LogP contribution < -0.4 is 4.89 Å². The minimum atomic E-state index is -4.24. The van der Waals surface area contributed by atoms with Gasteiger partial charge in [0.1, 0.15) is 0 Å². The van der Waals surface area contributed by atoms with Gasteiger partial charge in [-0.2, -0.15) is 4.65 Å². The number of carbonyl (C=O) groups excluding carboxylic acids is 1. The number of phosphoric acid groups is 1. The van der Waals surface area contributed by atoms with Crippen molar-refractivity contribution in [3.8, 4) is 0 Å². The van der Waals surface area contributed by atoms with Crippen LogP contribution in [0.1, 0.15) is 39.0 Å². The van der Waals surface area contributed by atoms with Crippen LogP contribution in [0.25, 0.3) is 0 Å². The van der Waals surface area contributed by atoms with Gasteiger partial charge in [-0.1, -0.05) is 25.8 Å². The Balaban J connectivity index is 3.53. The van der Waals surface area contributed by atoms with E-state index in [1.54, 1.807) is 28.1 Å². The topological polar surface area (TPSA) is 84.9 Å². The van der Waals surface area contributed by atoms with E-state index in [9.17, 15) is 14.3 Å². The first kappa shape index (κ1) is 21.3. The first-order valence-corrected chi connectivity index (χ1v) is 8.80. The lowest BCUT2D eigenvalue weighted by Gasteiger charge is -2.29. The lowest BCUT2D eigenvalue weighted by Crippen LogP contribution is -2.35. The van der Waals surface area contributed by atoms with Gasteiger partial charge < -0.3 is 14.2 Å². The van der Waals surface area contributed by atoms with Crippen molar-refractivity contribution >= 4 is 13.8 Å². The maximum Gasteiger partial charge on any atom is 0.333 e. The van der Waals surface area contributed by atoms with E-state index in [0.717, 1.165) is 25.7 Å². The van der Waals surface area contributed by atoms with E-state index in [1.165, 1.54) is 0 Å². The Morgan fingerprint density at radius 1 is 1.09 bits per heavy atom. The molecule has 0 spiro atoms. The van der Waals surface area contributed by atoms with E-state index in [0.29, 0.717) is 18.6 Å². The monoisotopic (exact) mass is 337 g/mol. The Kier molecular flexibility index (Phi) is 9.80. The summed E-state index contributed by atoms with van der Waals surface area (Å²) in [6, 6.07) is 0. The van der Waals surface area contributed by atoms with Crippen LogP contribution in [0.15, 0.2) is 12.2 Å². The van der Waals surface area contributed by atoms with Crippen molar-refractivity contribution in [1.82, 2.24) is 0 Å². The van der Waals surface area contributed by atoms with Crippen molar-refractivity contribution in [3.63, 3.8) is 0 Å². The fraction of sp³-hybridized carbons (Fsp3) is 0.786. The molecule has 0 amide bonds. The van der Waals surface area contributed by atoms with Crippen LogP contribution in [-0.4, -0.2) is 45.0 Å². The van der Waals surface area contributed by atoms with Crippen molar-refractivity contribution in [2.75, 3.05) is 34.4 Å². The third kappa shape index (κ3) is 13.0. The summed E-state index contributed by atoms with van der Waals surface area (Å²) in [5.74, 6) is -0.364. The fourth-order valence-electron chi connectivity index (χ4n) is 1.52. The number of hydroxylamine groups is 3. The Morgan fingerprint density at radius 3 is 2.09 bits per heavy atom. The second-order valence-corrected chi connectivity index (χ2v) is 7.25. The van der Waals surface area contributed by atoms with Crippen molar-refractivity contribution in [3.05, 3.63) is 12.2 Å². The molecule has 0 bridgehead atoms. The highest BCUT2D eigenvalue weighted by Crippen LogP contribution is 2.40. The zero-order chi connectivity index (χ0) is 17.2. The average Bonchev–Trinajstić information content (AvgIpc) is 2.33. The van der Waals surface area contributed by atoms with E-state index in [-0.39, 0.29) is 17.2 Å². The largest absolute Gasteiger partial charge is 0.752 e. The maximum absolute atomic E-state index is 11.5. The lowest BCUT2D eigenvalue weighted by atomic mass is 10.1. The fourth-order valence-corrected chi connectivity index (χ4v) is 2.52. The van der Waals surface area contributed by atoms with Crippen LogP contribution in [0, 0.1) is 0 Å². The van der Waals surface area contributed by atoms with E-state index in [2.05, 4.69) is 6.58 Å². The van der Waals surface area contributed by atoms with Gasteiger partial charge in [0.2, 0.25) is 0 Å². The van der Waals surface area contributed by atoms with Crippen LogP contribution in [0.4, 0.5) is 0 Å². The van der Waals surface area contributed by atoms with Gasteiger partial charge in [-0.25, -0.2) is 4.79 Å². The van der Waals surface area contributed by atoms with Crippen molar-refractivity contribution < 1.29 is 32.8 Å². The van der Waals surface area contributed by atoms with Crippen LogP contribution in [0.3, 0.4) is 0 Å². The molecule has 8 heteroatoms. The molecule has 0 aliphatic rings. The van der Waals surface area contributed by atoms with Gasteiger partial charge >= 0.3 is 13.8 Å². The second kappa shape index (κ2) is 10.1. The molecular weight excluding hydrogens is 309 g/mol. The molecular formula is C14H28NO6P. The summed E-state index contributed by atoms with van der Waals surface area (Å²) < 4.78 is 25.8. The predicted octanol–water partition coefficient (Wildman–Crippen LogP) is 2.18. The summed E-state index contributed by atoms with van der Waals surface area (Å²) in [4.78, 5) is 22.6. The smallest absolute Gasteiger partial charge is 0.333 e. The molecule has 22 heavy (non-hydrogen) atoms. The quantitative estimate of drug-likeness (QED) is 0.135. The first-order chi connectivity index (χ1) is 10.0. The molecule has 0 aliphatic carbocycles. The van der Waals surface area contributed by atoms with Crippen molar-refractivity contribution in [1.29, 1.82) is 0 Å². The first-order valence-electron chi connectivity index (χ1n) is 7.34. The standard InChI is InChI=1S/C14H28NO6P/c1-13(2)14(16)19-11-9-7-6-8-10-12-20-22(17,18)21-15(3,4)5/h1,6-12H2,2-5H3. The van der Waals surface area contributed by atoms with Gasteiger partial charge in [0.05, 0.1) is 34.4 Å². The molecule has 7 nitrogen and oxygen atoms in total.